The number of halogens is 1. The molecule has 1 N–H and O–H groups in total. The van der Waals surface area contributed by atoms with Crippen molar-refractivity contribution in [2.45, 2.75) is 73.1 Å². The number of Topliss-reactive ketones (excluding diaryl/α,β-unsaturated/α-hetero) is 2. The number of nitrogens with one attached hydrogen (secondary N) is 1. The van der Waals surface area contributed by atoms with Crippen LogP contribution in [0.5, 0.6) is 17.2 Å². The van der Waals surface area contributed by atoms with Gasteiger partial charge in [0.2, 0.25) is 0 Å². The second kappa shape index (κ2) is 12.7. The molecule has 0 bridgehead atoms. The lowest BCUT2D eigenvalue weighted by atomic mass is 9.63. The first-order valence-corrected chi connectivity index (χ1v) is 16.4. The molecule has 240 valence electrons. The summed E-state index contributed by atoms with van der Waals surface area (Å²) < 4.78 is 17.8. The van der Waals surface area contributed by atoms with Crippen LogP contribution >= 0.6 is 15.9 Å². The van der Waals surface area contributed by atoms with Crippen molar-refractivity contribution >= 4 is 39.1 Å². The van der Waals surface area contributed by atoms with Crippen molar-refractivity contribution in [1.29, 1.82) is 0 Å². The van der Waals surface area contributed by atoms with Crippen molar-refractivity contribution in [2.24, 2.45) is 10.8 Å². The summed E-state index contributed by atoms with van der Waals surface area (Å²) in [6.07, 6.45) is 2.36. The zero-order valence-corrected chi connectivity index (χ0v) is 28.9. The molecule has 0 aromatic heterocycles. The molecule has 5 rings (SSSR count). The average Bonchev–Trinajstić information content (AvgIpc) is 2.95. The van der Waals surface area contributed by atoms with Crippen LogP contribution in [0.3, 0.4) is 0 Å². The number of methoxy groups -OCH3 is 1. The molecule has 45 heavy (non-hydrogen) atoms. The van der Waals surface area contributed by atoms with Crippen LogP contribution in [0.2, 0.25) is 0 Å². The lowest BCUT2D eigenvalue weighted by Crippen LogP contribution is -2.44. The van der Waals surface area contributed by atoms with Gasteiger partial charge in [0, 0.05) is 53.5 Å². The van der Waals surface area contributed by atoms with Gasteiger partial charge in [-0.15, -0.1) is 0 Å². The molecule has 0 atom stereocenters. The van der Waals surface area contributed by atoms with Crippen LogP contribution in [-0.4, -0.2) is 49.2 Å². The molecule has 8 nitrogen and oxygen atoms in total. The van der Waals surface area contributed by atoms with E-state index in [1.54, 1.807) is 31.4 Å². The zero-order valence-electron chi connectivity index (χ0n) is 27.3. The van der Waals surface area contributed by atoms with Crippen LogP contribution in [0.15, 0.2) is 63.4 Å². The molecule has 0 unspecified atom stereocenters. The maximum Gasteiger partial charge on any atom is 0.262 e. The minimum atomic E-state index is -0.507. The third kappa shape index (κ3) is 6.69. The summed E-state index contributed by atoms with van der Waals surface area (Å²) in [7, 11) is 1.59. The lowest BCUT2D eigenvalue weighted by molar-refractivity contribution is -0.120. The topological polar surface area (TPSA) is 94.2 Å². The molecule has 0 spiro atoms. The first kappa shape index (κ1) is 32.8. The van der Waals surface area contributed by atoms with Gasteiger partial charge in [-0.05, 0) is 95.4 Å². The average molecular weight is 680 g/mol. The van der Waals surface area contributed by atoms with E-state index in [0.717, 1.165) is 29.8 Å². The third-order valence-corrected chi connectivity index (χ3v) is 9.31. The van der Waals surface area contributed by atoms with E-state index in [4.69, 9.17) is 14.2 Å². The monoisotopic (exact) mass is 678 g/mol. The molecule has 2 aromatic rings. The Kier molecular flexibility index (Phi) is 9.23. The second-order valence-corrected chi connectivity index (χ2v) is 14.5. The van der Waals surface area contributed by atoms with Crippen LogP contribution in [0.1, 0.15) is 78.7 Å². The summed E-state index contributed by atoms with van der Waals surface area (Å²) in [4.78, 5) is 43.0. The van der Waals surface area contributed by atoms with E-state index in [1.807, 2.05) is 19.1 Å². The number of anilines is 1. The van der Waals surface area contributed by atoms with Crippen LogP contribution in [0.4, 0.5) is 5.69 Å². The van der Waals surface area contributed by atoms with Gasteiger partial charge in [-0.1, -0.05) is 27.7 Å². The van der Waals surface area contributed by atoms with E-state index < -0.39 is 5.92 Å². The Labute approximate surface area is 274 Å². The molecule has 0 fully saturated rings. The van der Waals surface area contributed by atoms with E-state index in [2.05, 4.69) is 60.8 Å². The molecule has 0 saturated heterocycles. The molecule has 2 aliphatic carbocycles. The number of ether oxygens (including phenoxy) is 3. The molecule has 1 aliphatic heterocycles. The van der Waals surface area contributed by atoms with Crippen molar-refractivity contribution in [1.82, 2.24) is 4.90 Å². The molecule has 1 heterocycles. The van der Waals surface area contributed by atoms with E-state index in [0.29, 0.717) is 64.5 Å². The molecule has 0 radical (unpaired) electrons. The van der Waals surface area contributed by atoms with E-state index >= 15 is 0 Å². The van der Waals surface area contributed by atoms with Crippen LogP contribution < -0.4 is 19.5 Å². The molecular weight excluding hydrogens is 636 g/mol. The Bertz CT molecular complexity index is 1530. The zero-order chi connectivity index (χ0) is 32.7. The Morgan fingerprint density at radius 2 is 1.49 bits per heavy atom. The molecule has 9 heteroatoms. The summed E-state index contributed by atoms with van der Waals surface area (Å²) in [5.41, 5.74) is 4.53. The number of benzene rings is 2. The first-order valence-electron chi connectivity index (χ1n) is 15.6. The SMILES string of the molecule is CCOc1cc(C2C3=C(CC(C)(C)CC3=O)N(CC)C3=C2C(=O)CC(C)(C)C3)cc(Br)c1OCC(=O)Nc1ccc(OC)cc1. The summed E-state index contributed by atoms with van der Waals surface area (Å²) >= 11 is 3.67. The molecule has 2 aromatic carbocycles. The largest absolute Gasteiger partial charge is 0.497 e. The maximum atomic E-state index is 14.0. The maximum absolute atomic E-state index is 14.0. The van der Waals surface area contributed by atoms with E-state index in [9.17, 15) is 14.4 Å². The molecule has 3 aliphatic rings. The highest BCUT2D eigenvalue weighted by Crippen LogP contribution is 2.55. The summed E-state index contributed by atoms with van der Waals surface area (Å²) in [6, 6.07) is 10.8. The van der Waals surface area contributed by atoms with Crippen LogP contribution in [0, 0.1) is 10.8 Å². The highest BCUT2D eigenvalue weighted by Gasteiger charge is 2.48. The fraction of sp³-hybridized carbons (Fsp3) is 0.472. The van der Waals surface area contributed by atoms with Gasteiger partial charge in [0.05, 0.1) is 18.2 Å². The number of allylic oxidation sites excluding steroid dienone is 4. The predicted molar refractivity (Wildman–Crippen MR) is 178 cm³/mol. The summed E-state index contributed by atoms with van der Waals surface area (Å²) in [5.74, 6) is 0.838. The van der Waals surface area contributed by atoms with Gasteiger partial charge in [0.15, 0.2) is 29.7 Å². The van der Waals surface area contributed by atoms with Crippen molar-refractivity contribution in [3.8, 4) is 17.2 Å². The quantitative estimate of drug-likeness (QED) is 0.292. The second-order valence-electron chi connectivity index (χ2n) is 13.6. The Hall–Kier alpha value is -3.59. The van der Waals surface area contributed by atoms with Crippen LogP contribution in [-0.2, 0) is 14.4 Å². The standard InChI is InChI=1S/C36H43BrN2O6/c1-8-39-25-16-35(3,4)18-27(40)32(25)31(33-26(39)17-36(5,6)19-28(33)41)21-14-24(37)34(29(15-21)44-9-2)45-20-30(42)38-22-10-12-23(43-7)13-11-22/h10-15,31H,8-9,16-20H2,1-7H3,(H,38,42). The summed E-state index contributed by atoms with van der Waals surface area (Å²) in [6.45, 7) is 13.3. The lowest BCUT2D eigenvalue weighted by Gasteiger charge is -2.49. The number of hydrogen-bond donors (Lipinski definition) is 1. The van der Waals surface area contributed by atoms with Gasteiger partial charge in [0.25, 0.3) is 5.91 Å². The Morgan fingerprint density at radius 3 is 2.00 bits per heavy atom. The predicted octanol–water partition coefficient (Wildman–Crippen LogP) is 7.58. The number of ketones is 2. The van der Waals surface area contributed by atoms with Crippen molar-refractivity contribution in [3.63, 3.8) is 0 Å². The first-order chi connectivity index (χ1) is 21.3. The summed E-state index contributed by atoms with van der Waals surface area (Å²) in [5, 5.41) is 2.82. The highest BCUT2D eigenvalue weighted by molar-refractivity contribution is 9.10. The van der Waals surface area contributed by atoms with Gasteiger partial charge in [-0.3, -0.25) is 14.4 Å². The minimum absolute atomic E-state index is 0.0819. The number of hydrogen-bond acceptors (Lipinski definition) is 7. The van der Waals surface area contributed by atoms with Crippen molar-refractivity contribution < 1.29 is 28.6 Å². The van der Waals surface area contributed by atoms with Gasteiger partial charge in [0.1, 0.15) is 5.75 Å². The van der Waals surface area contributed by atoms with Crippen molar-refractivity contribution in [3.05, 3.63) is 69.0 Å². The Morgan fingerprint density at radius 1 is 0.911 bits per heavy atom. The van der Waals surface area contributed by atoms with E-state index in [1.165, 1.54) is 0 Å². The number of carbonyl (C=O) groups is 3. The molecule has 0 saturated carbocycles. The number of nitrogens with zero attached hydrogens (tertiary/aromatic N) is 1. The number of carbonyl (C=O) groups excluding carboxylic acids is 3. The van der Waals surface area contributed by atoms with Crippen LogP contribution in [0.25, 0.3) is 0 Å². The molecule has 1 amide bonds. The molecular formula is C36H43BrN2O6. The number of rotatable bonds is 9. The number of amides is 1. The van der Waals surface area contributed by atoms with Gasteiger partial charge < -0.3 is 24.4 Å². The minimum Gasteiger partial charge on any atom is -0.497 e. The smallest absolute Gasteiger partial charge is 0.262 e. The van der Waals surface area contributed by atoms with Crippen molar-refractivity contribution in [2.75, 3.05) is 32.2 Å². The van der Waals surface area contributed by atoms with E-state index in [-0.39, 0.29) is 34.9 Å². The van der Waals surface area contributed by atoms with Gasteiger partial charge in [-0.2, -0.15) is 0 Å². The fourth-order valence-electron chi connectivity index (χ4n) is 6.93. The van der Waals surface area contributed by atoms with Gasteiger partial charge in [-0.25, -0.2) is 0 Å². The Balaban J connectivity index is 1.54. The third-order valence-electron chi connectivity index (χ3n) is 8.72. The van der Waals surface area contributed by atoms with Gasteiger partial charge >= 0.3 is 0 Å². The highest BCUT2D eigenvalue weighted by atomic mass is 79.9. The normalized spacial score (nSPS) is 19.2. The fourth-order valence-corrected chi connectivity index (χ4v) is 7.50.